The third-order valence-corrected chi connectivity index (χ3v) is 1.41. The molecule has 0 radical (unpaired) electrons. The molecular formula is C5H8N4O3. The maximum Gasteiger partial charge on any atom is 0.303 e. The molecule has 1 N–H and O–H groups in total. The molecule has 0 aliphatic rings. The van der Waals surface area contributed by atoms with E-state index in [9.17, 15) is 10.1 Å². The second kappa shape index (κ2) is 3.26. The van der Waals surface area contributed by atoms with Crippen molar-refractivity contribution in [1.82, 2.24) is 15.0 Å². The Morgan fingerprint density at radius 2 is 2.58 bits per heavy atom. The Labute approximate surface area is 67.8 Å². The average molecular weight is 172 g/mol. The monoisotopic (exact) mass is 172 g/mol. The Morgan fingerprint density at radius 3 is 3.00 bits per heavy atom. The Kier molecular flexibility index (Phi) is 2.34. The Morgan fingerprint density at radius 1 is 1.92 bits per heavy atom. The summed E-state index contributed by atoms with van der Waals surface area (Å²) >= 11 is 0. The fraction of sp³-hybridized carbons (Fsp3) is 0.600. The summed E-state index contributed by atoms with van der Waals surface area (Å²) in [5, 5.41) is 25.8. The van der Waals surface area contributed by atoms with E-state index in [1.807, 2.05) is 0 Å². The van der Waals surface area contributed by atoms with Gasteiger partial charge in [0.15, 0.2) is 0 Å². The molecule has 1 rings (SSSR count). The summed E-state index contributed by atoms with van der Waals surface area (Å²) in [6.07, 6.45) is 0.394. The van der Waals surface area contributed by atoms with Crippen molar-refractivity contribution < 1.29 is 10.0 Å². The van der Waals surface area contributed by atoms with Crippen molar-refractivity contribution >= 4 is 0 Å². The lowest BCUT2D eigenvalue weighted by Crippen LogP contribution is -2.15. The van der Waals surface area contributed by atoms with Crippen LogP contribution in [0.1, 0.15) is 18.8 Å². The van der Waals surface area contributed by atoms with E-state index >= 15 is 0 Å². The number of rotatable bonds is 3. The molecule has 0 saturated carbocycles. The standard InChI is InChI=1S/C5H8N4O3/c1-4(9(11)12)8-2-5(3-10)6-7-8/h2,4,10H,3H2,1H3. The van der Waals surface area contributed by atoms with E-state index in [-0.39, 0.29) is 6.61 Å². The Bertz CT molecular complexity index is 284. The van der Waals surface area contributed by atoms with Crippen molar-refractivity contribution in [1.29, 1.82) is 0 Å². The van der Waals surface area contributed by atoms with Crippen LogP contribution < -0.4 is 0 Å². The molecule has 0 bridgehead atoms. The maximum absolute atomic E-state index is 10.3. The molecule has 1 heterocycles. The van der Waals surface area contributed by atoms with Gasteiger partial charge in [-0.3, -0.25) is 10.1 Å². The van der Waals surface area contributed by atoms with Crippen molar-refractivity contribution in [2.24, 2.45) is 0 Å². The number of aliphatic hydroxyl groups is 1. The topological polar surface area (TPSA) is 94.1 Å². The number of aromatic nitrogens is 3. The molecule has 66 valence electrons. The first-order valence-electron chi connectivity index (χ1n) is 3.30. The lowest BCUT2D eigenvalue weighted by Gasteiger charge is -2.00. The number of hydrogen-bond donors (Lipinski definition) is 1. The van der Waals surface area contributed by atoms with Gasteiger partial charge in [0.25, 0.3) is 0 Å². The summed E-state index contributed by atoms with van der Waals surface area (Å²) in [4.78, 5) is 9.76. The third-order valence-electron chi connectivity index (χ3n) is 1.41. The summed E-state index contributed by atoms with van der Waals surface area (Å²) in [5.74, 6) is 0. The molecule has 0 aromatic carbocycles. The normalized spacial score (nSPS) is 12.8. The Hall–Kier alpha value is -1.50. The SMILES string of the molecule is CC(n1cc(CO)nn1)[N+](=O)[O-]. The largest absolute Gasteiger partial charge is 0.390 e. The molecule has 1 aromatic rings. The van der Waals surface area contributed by atoms with Crippen LogP contribution in [-0.2, 0) is 6.61 Å². The van der Waals surface area contributed by atoms with E-state index < -0.39 is 11.1 Å². The van der Waals surface area contributed by atoms with E-state index in [2.05, 4.69) is 10.3 Å². The lowest BCUT2D eigenvalue weighted by molar-refractivity contribution is -0.545. The van der Waals surface area contributed by atoms with Crippen molar-refractivity contribution in [2.75, 3.05) is 0 Å². The highest BCUT2D eigenvalue weighted by molar-refractivity contribution is 4.89. The minimum absolute atomic E-state index is 0.259. The molecular weight excluding hydrogens is 164 g/mol. The van der Waals surface area contributed by atoms with Gasteiger partial charge in [-0.25, -0.2) is 0 Å². The predicted molar refractivity (Wildman–Crippen MR) is 37.7 cm³/mol. The number of nitrogens with zero attached hydrogens (tertiary/aromatic N) is 4. The van der Waals surface area contributed by atoms with Gasteiger partial charge in [0.1, 0.15) is 5.69 Å². The fourth-order valence-corrected chi connectivity index (χ4v) is 0.665. The maximum atomic E-state index is 10.3. The van der Waals surface area contributed by atoms with Crippen molar-refractivity contribution in [3.05, 3.63) is 22.0 Å². The summed E-state index contributed by atoms with van der Waals surface area (Å²) in [6.45, 7) is 1.13. The van der Waals surface area contributed by atoms with Gasteiger partial charge >= 0.3 is 6.17 Å². The molecule has 0 saturated heterocycles. The van der Waals surface area contributed by atoms with E-state index in [4.69, 9.17) is 5.11 Å². The van der Waals surface area contributed by atoms with Gasteiger partial charge < -0.3 is 5.11 Å². The summed E-state index contributed by atoms with van der Waals surface area (Å²) in [5.41, 5.74) is 0.323. The van der Waals surface area contributed by atoms with Crippen LogP contribution in [0.2, 0.25) is 0 Å². The first kappa shape index (κ1) is 8.60. The predicted octanol–water partition coefficient (Wildman–Crippen LogP) is -0.434. The molecule has 0 aliphatic carbocycles. The molecule has 0 fully saturated rings. The zero-order chi connectivity index (χ0) is 9.14. The zero-order valence-electron chi connectivity index (χ0n) is 6.41. The van der Waals surface area contributed by atoms with Gasteiger partial charge in [0.05, 0.1) is 12.8 Å². The van der Waals surface area contributed by atoms with E-state index in [1.165, 1.54) is 13.1 Å². The third kappa shape index (κ3) is 1.56. The fourth-order valence-electron chi connectivity index (χ4n) is 0.665. The van der Waals surface area contributed by atoms with Crippen molar-refractivity contribution in [3.8, 4) is 0 Å². The summed E-state index contributed by atoms with van der Waals surface area (Å²) in [6, 6.07) is 0. The van der Waals surface area contributed by atoms with Crippen LogP contribution in [-0.4, -0.2) is 25.0 Å². The van der Waals surface area contributed by atoms with Gasteiger partial charge in [-0.1, -0.05) is 5.21 Å². The van der Waals surface area contributed by atoms with Crippen molar-refractivity contribution in [3.63, 3.8) is 0 Å². The van der Waals surface area contributed by atoms with E-state index in [0.29, 0.717) is 5.69 Å². The number of hydrogen-bond acceptors (Lipinski definition) is 5. The van der Waals surface area contributed by atoms with Gasteiger partial charge in [0, 0.05) is 11.8 Å². The molecule has 1 aromatic heterocycles. The zero-order valence-corrected chi connectivity index (χ0v) is 6.41. The number of aliphatic hydroxyl groups excluding tert-OH is 1. The van der Waals surface area contributed by atoms with Crippen LogP contribution in [0.25, 0.3) is 0 Å². The molecule has 7 nitrogen and oxygen atoms in total. The Balaban J connectivity index is 2.81. The number of nitro groups is 1. The van der Waals surface area contributed by atoms with Crippen LogP contribution in [0.5, 0.6) is 0 Å². The molecule has 1 atom stereocenters. The van der Waals surface area contributed by atoms with Gasteiger partial charge in [0.2, 0.25) is 0 Å². The van der Waals surface area contributed by atoms with Crippen LogP contribution in [0.4, 0.5) is 0 Å². The highest BCUT2D eigenvalue weighted by atomic mass is 16.6. The van der Waals surface area contributed by atoms with Crippen molar-refractivity contribution in [2.45, 2.75) is 19.7 Å². The first-order valence-corrected chi connectivity index (χ1v) is 3.30. The highest BCUT2D eigenvalue weighted by Crippen LogP contribution is 2.04. The minimum Gasteiger partial charge on any atom is -0.390 e. The van der Waals surface area contributed by atoms with Crippen LogP contribution in [0.3, 0.4) is 0 Å². The lowest BCUT2D eigenvalue weighted by atomic mass is 10.5. The van der Waals surface area contributed by atoms with E-state index in [0.717, 1.165) is 4.68 Å². The molecule has 1 unspecified atom stereocenters. The highest BCUT2D eigenvalue weighted by Gasteiger charge is 2.16. The van der Waals surface area contributed by atoms with Gasteiger partial charge in [-0.2, -0.15) is 4.68 Å². The first-order chi connectivity index (χ1) is 5.65. The molecule has 0 aliphatic heterocycles. The van der Waals surface area contributed by atoms with Gasteiger partial charge in [-0.15, -0.1) is 5.10 Å². The van der Waals surface area contributed by atoms with E-state index in [1.54, 1.807) is 0 Å². The molecule has 0 amide bonds. The molecule has 7 heteroatoms. The van der Waals surface area contributed by atoms with Gasteiger partial charge in [-0.05, 0) is 0 Å². The second-order valence-corrected chi connectivity index (χ2v) is 2.27. The van der Waals surface area contributed by atoms with Crippen LogP contribution in [0, 0.1) is 10.1 Å². The smallest absolute Gasteiger partial charge is 0.303 e. The molecule has 12 heavy (non-hydrogen) atoms. The van der Waals surface area contributed by atoms with Crippen LogP contribution in [0.15, 0.2) is 6.20 Å². The second-order valence-electron chi connectivity index (χ2n) is 2.27. The quantitative estimate of drug-likeness (QED) is 0.493. The minimum atomic E-state index is -0.946. The van der Waals surface area contributed by atoms with Crippen LogP contribution >= 0.6 is 0 Å². The summed E-state index contributed by atoms with van der Waals surface area (Å²) in [7, 11) is 0. The average Bonchev–Trinajstić information content (AvgIpc) is 2.50. The molecule has 0 spiro atoms. The summed E-state index contributed by atoms with van der Waals surface area (Å²) < 4.78 is 1.09.